The van der Waals surface area contributed by atoms with Crippen LogP contribution in [-0.2, 0) is 14.3 Å². The van der Waals surface area contributed by atoms with Crippen LogP contribution in [0.4, 0.5) is 0 Å². The van der Waals surface area contributed by atoms with Gasteiger partial charge >= 0.3 is 0 Å². The minimum atomic E-state index is -0.183. The highest BCUT2D eigenvalue weighted by atomic mass is 16.5. The van der Waals surface area contributed by atoms with Crippen molar-refractivity contribution in [3.8, 4) is 5.75 Å². The highest BCUT2D eigenvalue weighted by Gasteiger charge is 2.41. The Morgan fingerprint density at radius 2 is 1.58 bits per heavy atom. The average Bonchev–Trinajstić information content (AvgIpc) is 3.01. The number of amides is 2. The Balaban J connectivity index is 1.79. The third-order valence-corrected chi connectivity index (χ3v) is 5.72. The highest BCUT2D eigenvalue weighted by Crippen LogP contribution is 2.33. The first-order chi connectivity index (χ1) is 15.0. The molecule has 0 atom stereocenters. The van der Waals surface area contributed by atoms with Crippen LogP contribution in [0.5, 0.6) is 5.75 Å². The van der Waals surface area contributed by atoms with Crippen LogP contribution in [0.15, 0.2) is 30.0 Å². The lowest BCUT2D eigenvalue weighted by molar-refractivity contribution is -0.137. The van der Waals surface area contributed by atoms with E-state index in [0.29, 0.717) is 44.1 Å². The molecular weight excluding hydrogens is 392 g/mol. The van der Waals surface area contributed by atoms with E-state index in [1.807, 2.05) is 43.0 Å². The molecular formula is C25H36N2O4. The van der Waals surface area contributed by atoms with E-state index in [4.69, 9.17) is 9.47 Å². The van der Waals surface area contributed by atoms with Gasteiger partial charge in [0.15, 0.2) is 0 Å². The number of carbonyl (C=O) groups excluding carboxylic acids is 2. The fraction of sp³-hybridized carbons (Fsp3) is 0.600. The molecule has 31 heavy (non-hydrogen) atoms. The van der Waals surface area contributed by atoms with Gasteiger partial charge in [-0.3, -0.25) is 14.5 Å². The van der Waals surface area contributed by atoms with E-state index in [-0.39, 0.29) is 17.9 Å². The van der Waals surface area contributed by atoms with E-state index in [1.54, 1.807) is 0 Å². The van der Waals surface area contributed by atoms with Crippen LogP contribution in [0.3, 0.4) is 0 Å². The second kappa shape index (κ2) is 11.3. The molecule has 0 aromatic heterocycles. The van der Waals surface area contributed by atoms with Crippen molar-refractivity contribution in [1.29, 1.82) is 0 Å². The van der Waals surface area contributed by atoms with Crippen molar-refractivity contribution < 1.29 is 19.1 Å². The summed E-state index contributed by atoms with van der Waals surface area (Å²) in [5, 5.41) is 0. The van der Waals surface area contributed by atoms with E-state index < -0.39 is 0 Å². The number of imide groups is 1. The molecule has 170 valence electrons. The highest BCUT2D eigenvalue weighted by molar-refractivity contribution is 6.35. The van der Waals surface area contributed by atoms with Crippen molar-refractivity contribution in [1.82, 2.24) is 9.80 Å². The summed E-state index contributed by atoms with van der Waals surface area (Å²) < 4.78 is 11.2. The second-order valence-corrected chi connectivity index (χ2v) is 8.54. The molecule has 2 amide bonds. The van der Waals surface area contributed by atoms with Crippen molar-refractivity contribution >= 4 is 17.4 Å². The fourth-order valence-corrected chi connectivity index (χ4v) is 4.13. The number of nitrogens with zero attached hydrogens (tertiary/aromatic N) is 2. The first-order valence-corrected chi connectivity index (χ1v) is 11.7. The molecule has 6 nitrogen and oxygen atoms in total. The number of hydrogen-bond donors (Lipinski definition) is 0. The molecule has 2 heterocycles. The third-order valence-electron chi connectivity index (χ3n) is 5.72. The van der Waals surface area contributed by atoms with Crippen LogP contribution >= 0.6 is 0 Å². The van der Waals surface area contributed by atoms with Crippen LogP contribution < -0.4 is 4.74 Å². The molecule has 6 heteroatoms. The number of benzene rings is 1. The van der Waals surface area contributed by atoms with Gasteiger partial charge in [0.1, 0.15) is 11.4 Å². The molecule has 0 spiro atoms. The SMILES string of the molecule is CCCCCCCCN1C(=O)C(c2ccc(OC(C)C)cc2)=C(N2CCOCC2)C1=O. The Hall–Kier alpha value is -2.34. The van der Waals surface area contributed by atoms with Gasteiger partial charge in [-0.05, 0) is 38.0 Å². The fourth-order valence-electron chi connectivity index (χ4n) is 4.13. The Kier molecular flexibility index (Phi) is 8.52. The lowest BCUT2D eigenvalue weighted by Gasteiger charge is -2.29. The van der Waals surface area contributed by atoms with Gasteiger partial charge in [-0.2, -0.15) is 0 Å². The van der Waals surface area contributed by atoms with Crippen molar-refractivity contribution in [2.45, 2.75) is 65.4 Å². The van der Waals surface area contributed by atoms with Crippen LogP contribution in [0.2, 0.25) is 0 Å². The summed E-state index contributed by atoms with van der Waals surface area (Å²) in [6, 6.07) is 7.50. The van der Waals surface area contributed by atoms with Crippen LogP contribution in [0.25, 0.3) is 5.57 Å². The Labute approximate surface area is 186 Å². The van der Waals surface area contributed by atoms with Gasteiger partial charge in [0.2, 0.25) is 0 Å². The predicted molar refractivity (Wildman–Crippen MR) is 122 cm³/mol. The zero-order valence-electron chi connectivity index (χ0n) is 19.2. The summed E-state index contributed by atoms with van der Waals surface area (Å²) in [5.41, 5.74) is 1.80. The lowest BCUT2D eigenvalue weighted by atomic mass is 10.0. The van der Waals surface area contributed by atoms with Gasteiger partial charge in [-0.25, -0.2) is 0 Å². The maximum Gasteiger partial charge on any atom is 0.277 e. The van der Waals surface area contributed by atoms with Gasteiger partial charge < -0.3 is 14.4 Å². The maximum atomic E-state index is 13.4. The van der Waals surface area contributed by atoms with Crippen LogP contribution in [-0.4, -0.2) is 60.6 Å². The molecule has 2 aliphatic heterocycles. The number of rotatable bonds is 11. The van der Waals surface area contributed by atoms with Gasteiger partial charge in [0.05, 0.1) is 24.9 Å². The normalized spacial score (nSPS) is 17.3. The second-order valence-electron chi connectivity index (χ2n) is 8.54. The molecule has 1 fully saturated rings. The maximum absolute atomic E-state index is 13.4. The molecule has 1 aromatic rings. The average molecular weight is 429 g/mol. The Bertz CT molecular complexity index is 779. The standard InChI is InChI=1S/C25H36N2O4/c1-4-5-6-7-8-9-14-27-24(28)22(20-10-12-21(13-11-20)31-19(2)3)23(25(27)29)26-15-17-30-18-16-26/h10-13,19H,4-9,14-18H2,1-3H3. The predicted octanol–water partition coefficient (Wildman–Crippen LogP) is 4.25. The smallest absolute Gasteiger partial charge is 0.277 e. The third kappa shape index (κ3) is 5.88. The molecule has 0 radical (unpaired) electrons. The van der Waals surface area contributed by atoms with Crippen molar-refractivity contribution in [3.05, 3.63) is 35.5 Å². The zero-order chi connectivity index (χ0) is 22.2. The van der Waals surface area contributed by atoms with Gasteiger partial charge in [-0.15, -0.1) is 0 Å². The molecule has 3 rings (SSSR count). The monoisotopic (exact) mass is 428 g/mol. The Morgan fingerprint density at radius 1 is 0.935 bits per heavy atom. The summed E-state index contributed by atoms with van der Waals surface area (Å²) in [4.78, 5) is 30.1. The number of unbranched alkanes of at least 4 members (excludes halogenated alkanes) is 5. The first kappa shape index (κ1) is 23.3. The van der Waals surface area contributed by atoms with Crippen LogP contribution in [0, 0.1) is 0 Å². The quantitative estimate of drug-likeness (QED) is 0.390. The number of ether oxygens (including phenoxy) is 2. The minimum absolute atomic E-state index is 0.0801. The van der Waals surface area contributed by atoms with E-state index in [1.165, 1.54) is 24.2 Å². The zero-order valence-corrected chi connectivity index (χ0v) is 19.2. The van der Waals surface area contributed by atoms with Crippen molar-refractivity contribution in [2.75, 3.05) is 32.8 Å². The first-order valence-electron chi connectivity index (χ1n) is 11.7. The number of morpholine rings is 1. The largest absolute Gasteiger partial charge is 0.491 e. The molecule has 0 bridgehead atoms. The van der Waals surface area contributed by atoms with E-state index in [2.05, 4.69) is 6.92 Å². The molecule has 0 saturated carbocycles. The summed E-state index contributed by atoms with van der Waals surface area (Å²) >= 11 is 0. The van der Waals surface area contributed by atoms with E-state index in [9.17, 15) is 9.59 Å². The van der Waals surface area contributed by atoms with Gasteiger partial charge in [-0.1, -0.05) is 51.2 Å². The molecule has 0 aliphatic carbocycles. The van der Waals surface area contributed by atoms with E-state index >= 15 is 0 Å². The van der Waals surface area contributed by atoms with E-state index in [0.717, 1.165) is 30.6 Å². The summed E-state index contributed by atoms with van der Waals surface area (Å²) in [6.45, 7) is 9.01. The van der Waals surface area contributed by atoms with Gasteiger partial charge in [0, 0.05) is 19.6 Å². The Morgan fingerprint density at radius 3 is 2.23 bits per heavy atom. The molecule has 2 aliphatic rings. The summed E-state index contributed by atoms with van der Waals surface area (Å²) in [5.74, 6) is 0.406. The molecule has 1 aromatic carbocycles. The summed E-state index contributed by atoms with van der Waals surface area (Å²) in [6.07, 6.45) is 6.79. The number of carbonyl (C=O) groups is 2. The van der Waals surface area contributed by atoms with Crippen molar-refractivity contribution in [3.63, 3.8) is 0 Å². The lowest BCUT2D eigenvalue weighted by Crippen LogP contribution is -2.40. The minimum Gasteiger partial charge on any atom is -0.491 e. The van der Waals surface area contributed by atoms with Crippen molar-refractivity contribution in [2.24, 2.45) is 0 Å². The molecule has 0 unspecified atom stereocenters. The topological polar surface area (TPSA) is 59.1 Å². The van der Waals surface area contributed by atoms with Gasteiger partial charge in [0.25, 0.3) is 11.8 Å². The molecule has 0 N–H and O–H groups in total. The summed E-state index contributed by atoms with van der Waals surface area (Å²) in [7, 11) is 0. The number of hydrogen-bond acceptors (Lipinski definition) is 5. The molecule has 1 saturated heterocycles. The van der Waals surface area contributed by atoms with Crippen LogP contribution in [0.1, 0.15) is 64.9 Å².